The van der Waals surface area contributed by atoms with E-state index in [0.717, 1.165) is 0 Å². The zero-order chi connectivity index (χ0) is 18.3. The van der Waals surface area contributed by atoms with E-state index >= 15 is 0 Å². The van der Waals surface area contributed by atoms with E-state index in [4.69, 9.17) is 9.47 Å². The molecule has 1 rings (SSSR count). The van der Waals surface area contributed by atoms with Crippen molar-refractivity contribution in [2.45, 2.75) is 39.7 Å². The lowest BCUT2D eigenvalue weighted by molar-refractivity contribution is -0.116. The van der Waals surface area contributed by atoms with Gasteiger partial charge in [0.15, 0.2) is 5.82 Å². The number of carbonyl (C=O) groups is 3. The molecule has 24 heavy (non-hydrogen) atoms. The Kier molecular flexibility index (Phi) is 6.75. The summed E-state index contributed by atoms with van der Waals surface area (Å²) in [5, 5.41) is 5.04. The molecular formula is C15H24N4O5. The highest BCUT2D eigenvalue weighted by molar-refractivity contribution is 5.91. The van der Waals surface area contributed by atoms with Crippen LogP contribution < -0.4 is 10.6 Å². The minimum absolute atomic E-state index is 0.0462. The fourth-order valence-electron chi connectivity index (χ4n) is 1.71. The second kappa shape index (κ2) is 8.32. The Morgan fingerprint density at radius 2 is 1.96 bits per heavy atom. The molecule has 0 bridgehead atoms. The van der Waals surface area contributed by atoms with Gasteiger partial charge in [-0.2, -0.15) is 0 Å². The van der Waals surface area contributed by atoms with Gasteiger partial charge in [-0.15, -0.1) is 0 Å². The smallest absolute Gasteiger partial charge is 0.407 e. The molecule has 9 nitrogen and oxygen atoms in total. The number of rotatable bonds is 6. The van der Waals surface area contributed by atoms with Crippen molar-refractivity contribution < 1.29 is 23.9 Å². The van der Waals surface area contributed by atoms with Crippen LogP contribution >= 0.6 is 0 Å². The number of nitrogens with one attached hydrogen (secondary N) is 2. The number of ether oxygens (including phenoxy) is 2. The molecule has 1 aromatic heterocycles. The van der Waals surface area contributed by atoms with Gasteiger partial charge in [0, 0.05) is 26.2 Å². The number of imidazole rings is 1. The first-order chi connectivity index (χ1) is 11.1. The van der Waals surface area contributed by atoms with Gasteiger partial charge < -0.3 is 24.7 Å². The number of hydrogen-bond acceptors (Lipinski definition) is 6. The van der Waals surface area contributed by atoms with Crippen LogP contribution in [0.3, 0.4) is 0 Å². The van der Waals surface area contributed by atoms with Gasteiger partial charge in [0.25, 0.3) is 0 Å². The van der Waals surface area contributed by atoms with Crippen molar-refractivity contribution in [1.82, 2.24) is 14.9 Å². The predicted octanol–water partition coefficient (Wildman–Crippen LogP) is 1.45. The number of nitrogens with zero attached hydrogens (tertiary/aromatic N) is 2. The number of anilines is 1. The van der Waals surface area contributed by atoms with Gasteiger partial charge in [-0.05, 0) is 27.7 Å². The molecule has 0 fully saturated rings. The Bertz CT molecular complexity index is 603. The maximum Gasteiger partial charge on any atom is 0.407 e. The lowest BCUT2D eigenvalue weighted by Gasteiger charge is -2.19. The van der Waals surface area contributed by atoms with Crippen LogP contribution in [0.15, 0.2) is 6.20 Å². The minimum atomic E-state index is -0.593. The minimum Gasteiger partial charge on any atom is -0.460 e. The monoisotopic (exact) mass is 340 g/mol. The van der Waals surface area contributed by atoms with Gasteiger partial charge in [-0.1, -0.05) is 0 Å². The molecule has 1 heterocycles. The Hall–Kier alpha value is -2.58. The molecule has 0 saturated carbocycles. The highest BCUT2D eigenvalue weighted by atomic mass is 16.6. The summed E-state index contributed by atoms with van der Waals surface area (Å²) >= 11 is 0. The first kappa shape index (κ1) is 19.5. The number of amides is 2. The molecule has 0 saturated heterocycles. The lowest BCUT2D eigenvalue weighted by Crippen LogP contribution is -2.34. The average Bonchev–Trinajstić information content (AvgIpc) is 2.77. The number of esters is 1. The first-order valence-corrected chi connectivity index (χ1v) is 7.59. The van der Waals surface area contributed by atoms with Crippen molar-refractivity contribution >= 4 is 23.8 Å². The number of hydrogen-bond donors (Lipinski definition) is 2. The summed E-state index contributed by atoms with van der Waals surface area (Å²) in [6.07, 6.45) is 0.966. The van der Waals surface area contributed by atoms with E-state index in [1.165, 1.54) is 10.8 Å². The van der Waals surface area contributed by atoms with Crippen molar-refractivity contribution in [1.29, 1.82) is 0 Å². The van der Waals surface area contributed by atoms with Crippen LogP contribution in [0.25, 0.3) is 0 Å². The quantitative estimate of drug-likeness (QED) is 0.758. The van der Waals surface area contributed by atoms with Crippen molar-refractivity contribution in [3.63, 3.8) is 0 Å². The summed E-state index contributed by atoms with van der Waals surface area (Å²) in [5.74, 6) is -0.575. The van der Waals surface area contributed by atoms with E-state index in [-0.39, 0.29) is 37.1 Å². The number of alkyl carbamates (subject to hydrolysis) is 1. The van der Waals surface area contributed by atoms with Gasteiger partial charge in [-0.3, -0.25) is 4.79 Å². The molecule has 0 aromatic carbocycles. The first-order valence-electron chi connectivity index (χ1n) is 7.59. The number of carbonyl (C=O) groups excluding carboxylic acids is 3. The normalized spacial score (nSPS) is 10.9. The summed E-state index contributed by atoms with van der Waals surface area (Å²) in [7, 11) is 1.62. The van der Waals surface area contributed by atoms with E-state index in [0.29, 0.717) is 0 Å². The summed E-state index contributed by atoms with van der Waals surface area (Å²) in [4.78, 5) is 38.9. The van der Waals surface area contributed by atoms with E-state index in [1.807, 2.05) is 0 Å². The summed E-state index contributed by atoms with van der Waals surface area (Å²) < 4.78 is 11.4. The average molecular weight is 340 g/mol. The van der Waals surface area contributed by atoms with Crippen molar-refractivity contribution in [3.05, 3.63) is 12.0 Å². The third-order valence-electron chi connectivity index (χ3n) is 2.62. The molecule has 0 aliphatic rings. The van der Waals surface area contributed by atoms with Gasteiger partial charge >= 0.3 is 12.1 Å². The van der Waals surface area contributed by atoms with Crippen LogP contribution in [-0.4, -0.2) is 46.3 Å². The van der Waals surface area contributed by atoms with Gasteiger partial charge in [0.1, 0.15) is 5.60 Å². The molecule has 0 unspecified atom stereocenters. The van der Waals surface area contributed by atoms with Crippen LogP contribution in [0.5, 0.6) is 0 Å². The largest absolute Gasteiger partial charge is 0.460 e. The van der Waals surface area contributed by atoms with Crippen LogP contribution in [0.1, 0.15) is 44.7 Å². The molecule has 2 N–H and O–H groups in total. The lowest BCUT2D eigenvalue weighted by atomic mass is 10.2. The summed E-state index contributed by atoms with van der Waals surface area (Å²) in [6, 6.07) is 0. The third kappa shape index (κ3) is 6.67. The Morgan fingerprint density at radius 3 is 2.54 bits per heavy atom. The highest BCUT2D eigenvalue weighted by Crippen LogP contribution is 2.09. The third-order valence-corrected chi connectivity index (χ3v) is 2.62. The van der Waals surface area contributed by atoms with E-state index < -0.39 is 17.7 Å². The standard InChI is InChI=1S/C15H24N4O5/c1-6-23-13(21)12-18-10(9-19(12)5)17-11(20)7-8-16-14(22)24-15(2,3)4/h9H,6-8H2,1-5H3,(H,16,22)(H,17,20). The number of aryl methyl sites for hydroxylation is 1. The molecule has 0 atom stereocenters. The Labute approximate surface area is 140 Å². The van der Waals surface area contributed by atoms with Crippen LogP contribution in [0, 0.1) is 0 Å². The van der Waals surface area contributed by atoms with Crippen LogP contribution in [0.2, 0.25) is 0 Å². The van der Waals surface area contributed by atoms with Crippen molar-refractivity contribution in [2.24, 2.45) is 7.05 Å². The van der Waals surface area contributed by atoms with Crippen molar-refractivity contribution in [3.8, 4) is 0 Å². The van der Waals surface area contributed by atoms with Crippen molar-refractivity contribution in [2.75, 3.05) is 18.5 Å². The second-order valence-electron chi connectivity index (χ2n) is 6.01. The second-order valence-corrected chi connectivity index (χ2v) is 6.01. The maximum absolute atomic E-state index is 11.8. The zero-order valence-electron chi connectivity index (χ0n) is 14.6. The van der Waals surface area contributed by atoms with Gasteiger partial charge in [-0.25, -0.2) is 14.6 Å². The zero-order valence-corrected chi connectivity index (χ0v) is 14.6. The molecule has 9 heteroatoms. The summed E-state index contributed by atoms with van der Waals surface area (Å²) in [5.41, 5.74) is -0.593. The SMILES string of the molecule is CCOC(=O)c1nc(NC(=O)CCNC(=O)OC(C)(C)C)cn1C. The van der Waals surface area contributed by atoms with Gasteiger partial charge in [0.2, 0.25) is 11.7 Å². The number of aromatic nitrogens is 2. The molecule has 0 radical (unpaired) electrons. The highest BCUT2D eigenvalue weighted by Gasteiger charge is 2.17. The maximum atomic E-state index is 11.8. The molecule has 134 valence electrons. The van der Waals surface area contributed by atoms with E-state index in [1.54, 1.807) is 34.7 Å². The Morgan fingerprint density at radius 1 is 1.29 bits per heavy atom. The topological polar surface area (TPSA) is 112 Å². The molecule has 2 amide bonds. The van der Waals surface area contributed by atoms with Crippen LogP contribution in [-0.2, 0) is 21.3 Å². The van der Waals surface area contributed by atoms with Gasteiger partial charge in [0.05, 0.1) is 6.61 Å². The fourth-order valence-corrected chi connectivity index (χ4v) is 1.71. The van der Waals surface area contributed by atoms with E-state index in [9.17, 15) is 14.4 Å². The molecule has 1 aromatic rings. The van der Waals surface area contributed by atoms with E-state index in [2.05, 4.69) is 15.6 Å². The predicted molar refractivity (Wildman–Crippen MR) is 86.6 cm³/mol. The molecular weight excluding hydrogens is 316 g/mol. The summed E-state index contributed by atoms with van der Waals surface area (Å²) in [6.45, 7) is 7.31. The molecule has 0 aliphatic carbocycles. The molecule has 0 aliphatic heterocycles. The van der Waals surface area contributed by atoms with Crippen LogP contribution in [0.4, 0.5) is 10.6 Å². The molecule has 0 spiro atoms. The Balaban J connectivity index is 2.44. The fraction of sp³-hybridized carbons (Fsp3) is 0.600.